The van der Waals surface area contributed by atoms with Crippen LogP contribution in [0.3, 0.4) is 0 Å². The number of rotatable bonds is 7. The maximum absolute atomic E-state index is 12.0. The van der Waals surface area contributed by atoms with E-state index < -0.39 is 0 Å². The van der Waals surface area contributed by atoms with Crippen LogP contribution in [0, 0.1) is 6.92 Å². The number of carbonyl (C=O) groups is 1. The van der Waals surface area contributed by atoms with Gasteiger partial charge in [-0.1, -0.05) is 0 Å². The molecule has 0 spiro atoms. The second kappa shape index (κ2) is 6.97. The molecule has 0 aromatic carbocycles. The van der Waals surface area contributed by atoms with Crippen molar-refractivity contribution in [3.05, 3.63) is 11.6 Å². The van der Waals surface area contributed by atoms with E-state index in [1.165, 1.54) is 0 Å². The number of hydrogen-bond acceptors (Lipinski definition) is 5. The molecule has 7 heteroatoms. The van der Waals surface area contributed by atoms with Crippen molar-refractivity contribution >= 4 is 5.91 Å². The summed E-state index contributed by atoms with van der Waals surface area (Å²) in [5, 5.41) is 6.49. The van der Waals surface area contributed by atoms with Gasteiger partial charge in [0.2, 0.25) is 5.82 Å². The molecule has 1 heterocycles. The Kier molecular flexibility index (Phi) is 5.58. The molecule has 17 heavy (non-hydrogen) atoms. The predicted octanol–water partition coefficient (Wildman–Crippen LogP) is -0.152. The summed E-state index contributed by atoms with van der Waals surface area (Å²) in [6.07, 6.45) is 0. The van der Waals surface area contributed by atoms with Crippen molar-refractivity contribution < 1.29 is 14.3 Å². The topological polar surface area (TPSA) is 80.3 Å². The van der Waals surface area contributed by atoms with E-state index in [2.05, 4.69) is 15.2 Å². The largest absolute Gasteiger partial charge is 0.383 e. The third kappa shape index (κ3) is 4.12. The van der Waals surface area contributed by atoms with Gasteiger partial charge in [0.15, 0.2) is 0 Å². The number of aromatic nitrogens is 3. The van der Waals surface area contributed by atoms with Crippen LogP contribution in [0.5, 0.6) is 0 Å². The zero-order valence-electron chi connectivity index (χ0n) is 10.4. The van der Waals surface area contributed by atoms with E-state index in [-0.39, 0.29) is 11.7 Å². The highest BCUT2D eigenvalue weighted by atomic mass is 16.5. The molecular formula is C10H18N4O3. The van der Waals surface area contributed by atoms with Crippen LogP contribution < -0.4 is 0 Å². The summed E-state index contributed by atoms with van der Waals surface area (Å²) in [5.41, 5.74) is 0. The van der Waals surface area contributed by atoms with Gasteiger partial charge in [0, 0.05) is 27.3 Å². The van der Waals surface area contributed by atoms with Crippen LogP contribution in [-0.2, 0) is 9.47 Å². The molecule has 1 rings (SSSR count). The molecule has 1 aromatic rings. The Balaban J connectivity index is 2.64. The first-order valence-electron chi connectivity index (χ1n) is 5.35. The average molecular weight is 242 g/mol. The van der Waals surface area contributed by atoms with Gasteiger partial charge in [-0.05, 0) is 6.92 Å². The van der Waals surface area contributed by atoms with Crippen molar-refractivity contribution in [1.82, 2.24) is 20.1 Å². The third-order valence-corrected chi connectivity index (χ3v) is 2.21. The molecule has 0 unspecified atom stereocenters. The SMILES string of the molecule is COCCN(CCOC)C(=O)c1n[nH]c(C)n1. The maximum atomic E-state index is 12.0. The number of nitrogens with zero attached hydrogens (tertiary/aromatic N) is 3. The van der Waals surface area contributed by atoms with E-state index in [1.807, 2.05) is 0 Å². The number of ether oxygens (including phenoxy) is 2. The number of methoxy groups -OCH3 is 2. The summed E-state index contributed by atoms with van der Waals surface area (Å²) >= 11 is 0. The molecule has 0 fully saturated rings. The first-order valence-corrected chi connectivity index (χ1v) is 5.35. The molecule has 0 radical (unpaired) electrons. The van der Waals surface area contributed by atoms with Crippen molar-refractivity contribution in [3.8, 4) is 0 Å². The minimum atomic E-state index is -0.219. The third-order valence-electron chi connectivity index (χ3n) is 2.21. The van der Waals surface area contributed by atoms with Crippen molar-refractivity contribution in [1.29, 1.82) is 0 Å². The highest BCUT2D eigenvalue weighted by Crippen LogP contribution is 1.99. The number of nitrogens with one attached hydrogen (secondary N) is 1. The number of aromatic amines is 1. The lowest BCUT2D eigenvalue weighted by molar-refractivity contribution is 0.0616. The Morgan fingerprint density at radius 3 is 2.29 bits per heavy atom. The number of carbonyl (C=O) groups excluding carboxylic acids is 1. The van der Waals surface area contributed by atoms with E-state index in [0.717, 1.165) is 0 Å². The van der Waals surface area contributed by atoms with Crippen LogP contribution in [0.25, 0.3) is 0 Å². The molecule has 0 aliphatic carbocycles. The molecule has 7 nitrogen and oxygen atoms in total. The van der Waals surface area contributed by atoms with E-state index in [0.29, 0.717) is 32.1 Å². The van der Waals surface area contributed by atoms with Crippen LogP contribution >= 0.6 is 0 Å². The fraction of sp³-hybridized carbons (Fsp3) is 0.700. The minimum absolute atomic E-state index is 0.176. The second-order valence-electron chi connectivity index (χ2n) is 3.52. The highest BCUT2D eigenvalue weighted by molar-refractivity contribution is 5.90. The fourth-order valence-electron chi connectivity index (χ4n) is 1.30. The van der Waals surface area contributed by atoms with Crippen LogP contribution in [0.2, 0.25) is 0 Å². The number of H-pyrrole nitrogens is 1. The molecule has 0 aliphatic heterocycles. The van der Waals surface area contributed by atoms with Crippen LogP contribution in [0.1, 0.15) is 16.4 Å². The first-order chi connectivity index (χ1) is 8.19. The van der Waals surface area contributed by atoms with Gasteiger partial charge in [-0.15, -0.1) is 5.10 Å². The zero-order valence-corrected chi connectivity index (χ0v) is 10.4. The van der Waals surface area contributed by atoms with Gasteiger partial charge in [0.25, 0.3) is 5.91 Å². The molecular weight excluding hydrogens is 224 g/mol. The Hall–Kier alpha value is -1.47. The minimum Gasteiger partial charge on any atom is -0.383 e. The lowest BCUT2D eigenvalue weighted by atomic mass is 10.4. The van der Waals surface area contributed by atoms with Gasteiger partial charge < -0.3 is 14.4 Å². The Bertz CT molecular complexity index is 345. The van der Waals surface area contributed by atoms with Crippen molar-refractivity contribution in [2.75, 3.05) is 40.5 Å². The van der Waals surface area contributed by atoms with E-state index >= 15 is 0 Å². The van der Waals surface area contributed by atoms with E-state index in [1.54, 1.807) is 26.0 Å². The van der Waals surface area contributed by atoms with Crippen LogP contribution in [-0.4, -0.2) is 66.5 Å². The summed E-state index contributed by atoms with van der Waals surface area (Å²) in [6, 6.07) is 0. The van der Waals surface area contributed by atoms with Gasteiger partial charge in [0.1, 0.15) is 5.82 Å². The highest BCUT2D eigenvalue weighted by Gasteiger charge is 2.19. The Morgan fingerprint density at radius 2 is 1.88 bits per heavy atom. The molecule has 1 N–H and O–H groups in total. The monoisotopic (exact) mass is 242 g/mol. The summed E-state index contributed by atoms with van der Waals surface area (Å²) in [4.78, 5) is 17.7. The Morgan fingerprint density at radius 1 is 1.29 bits per heavy atom. The molecule has 1 amide bonds. The molecule has 0 saturated carbocycles. The van der Waals surface area contributed by atoms with Gasteiger partial charge in [-0.2, -0.15) is 0 Å². The average Bonchev–Trinajstić information content (AvgIpc) is 2.75. The molecule has 1 aromatic heterocycles. The number of aryl methyl sites for hydroxylation is 1. The quantitative estimate of drug-likeness (QED) is 0.719. The maximum Gasteiger partial charge on any atom is 0.293 e. The standard InChI is InChI=1S/C10H18N4O3/c1-8-11-9(13-12-8)10(15)14(4-6-16-2)5-7-17-3/h4-7H2,1-3H3,(H,11,12,13). The van der Waals surface area contributed by atoms with Crippen molar-refractivity contribution in [2.24, 2.45) is 0 Å². The predicted molar refractivity (Wildman–Crippen MR) is 60.8 cm³/mol. The fourth-order valence-corrected chi connectivity index (χ4v) is 1.30. The summed E-state index contributed by atoms with van der Waals surface area (Å²) < 4.78 is 9.92. The van der Waals surface area contributed by atoms with E-state index in [4.69, 9.17) is 9.47 Å². The van der Waals surface area contributed by atoms with Gasteiger partial charge in [0.05, 0.1) is 13.2 Å². The molecule has 0 atom stereocenters. The van der Waals surface area contributed by atoms with Gasteiger partial charge in [-0.3, -0.25) is 9.89 Å². The van der Waals surface area contributed by atoms with Crippen molar-refractivity contribution in [3.63, 3.8) is 0 Å². The lowest BCUT2D eigenvalue weighted by Gasteiger charge is -2.20. The molecule has 0 bridgehead atoms. The van der Waals surface area contributed by atoms with Gasteiger partial charge >= 0.3 is 0 Å². The Labute approximate surface area is 100 Å². The first kappa shape index (κ1) is 13.6. The number of hydrogen-bond donors (Lipinski definition) is 1. The van der Waals surface area contributed by atoms with Crippen molar-refractivity contribution in [2.45, 2.75) is 6.92 Å². The smallest absolute Gasteiger partial charge is 0.293 e. The molecule has 0 aliphatic rings. The summed E-state index contributed by atoms with van der Waals surface area (Å²) in [7, 11) is 3.19. The van der Waals surface area contributed by atoms with Crippen LogP contribution in [0.15, 0.2) is 0 Å². The zero-order chi connectivity index (χ0) is 12.7. The lowest BCUT2D eigenvalue weighted by Crippen LogP contribution is -2.37. The van der Waals surface area contributed by atoms with E-state index in [9.17, 15) is 4.79 Å². The van der Waals surface area contributed by atoms with Crippen LogP contribution in [0.4, 0.5) is 0 Å². The normalized spacial score (nSPS) is 10.5. The second-order valence-corrected chi connectivity index (χ2v) is 3.52. The number of amides is 1. The molecule has 0 saturated heterocycles. The summed E-state index contributed by atoms with van der Waals surface area (Å²) in [5.74, 6) is 0.574. The molecule has 96 valence electrons. The summed E-state index contributed by atoms with van der Waals surface area (Å²) in [6.45, 7) is 3.68. The van der Waals surface area contributed by atoms with Gasteiger partial charge in [-0.25, -0.2) is 4.98 Å².